The van der Waals surface area contributed by atoms with Gasteiger partial charge in [-0.25, -0.2) is 14.4 Å². The third kappa shape index (κ3) is 2.87. The summed E-state index contributed by atoms with van der Waals surface area (Å²) in [4.78, 5) is 23.3. The number of halogens is 1. The van der Waals surface area contributed by atoms with E-state index in [1.807, 2.05) is 11.0 Å². The molecule has 0 bridgehead atoms. The van der Waals surface area contributed by atoms with Gasteiger partial charge in [0.25, 0.3) is 5.91 Å². The van der Waals surface area contributed by atoms with Gasteiger partial charge < -0.3 is 10.6 Å². The maximum absolute atomic E-state index is 13.7. The van der Waals surface area contributed by atoms with Crippen molar-refractivity contribution in [3.63, 3.8) is 0 Å². The molecule has 2 heterocycles. The first-order valence-corrected chi connectivity index (χ1v) is 8.62. The zero-order valence-electron chi connectivity index (χ0n) is 14.4. The highest BCUT2D eigenvalue weighted by Crippen LogP contribution is 2.31. The number of hydrogen-bond donors (Lipinski definition) is 1. The number of fused-ring (bicyclic) bond motifs is 1. The lowest BCUT2D eigenvalue weighted by Crippen LogP contribution is -2.28. The van der Waals surface area contributed by atoms with Crippen LogP contribution >= 0.6 is 0 Å². The molecule has 6 heteroatoms. The van der Waals surface area contributed by atoms with E-state index in [-0.39, 0.29) is 11.7 Å². The monoisotopic (exact) mass is 350 g/mol. The molecule has 2 aromatic carbocycles. The topological polar surface area (TPSA) is 72.1 Å². The fourth-order valence-corrected chi connectivity index (χ4v) is 3.47. The number of likely N-dealkylation sites (tertiary alicyclic amines) is 1. The molecule has 1 aromatic heterocycles. The largest absolute Gasteiger partial charge is 0.383 e. The van der Waals surface area contributed by atoms with Gasteiger partial charge in [-0.1, -0.05) is 19.1 Å². The van der Waals surface area contributed by atoms with Crippen molar-refractivity contribution in [3.05, 3.63) is 54.1 Å². The Morgan fingerprint density at radius 1 is 1.23 bits per heavy atom. The molecule has 2 N–H and O–H groups in total. The molecule has 5 nitrogen and oxygen atoms in total. The van der Waals surface area contributed by atoms with Crippen molar-refractivity contribution >= 4 is 22.6 Å². The molecule has 132 valence electrons. The van der Waals surface area contributed by atoms with E-state index in [1.165, 1.54) is 18.5 Å². The number of hydrogen-bond acceptors (Lipinski definition) is 4. The highest BCUT2D eigenvalue weighted by atomic mass is 19.1. The highest BCUT2D eigenvalue weighted by Gasteiger charge is 2.26. The Morgan fingerprint density at radius 3 is 2.81 bits per heavy atom. The summed E-state index contributed by atoms with van der Waals surface area (Å²) in [5.74, 6) is 0.380. The van der Waals surface area contributed by atoms with Gasteiger partial charge in [0.05, 0.1) is 11.1 Å². The van der Waals surface area contributed by atoms with Gasteiger partial charge >= 0.3 is 0 Å². The number of rotatable bonds is 2. The van der Waals surface area contributed by atoms with Gasteiger partial charge in [0, 0.05) is 18.5 Å². The van der Waals surface area contributed by atoms with Crippen LogP contribution in [0.25, 0.3) is 22.0 Å². The molecule has 0 aliphatic carbocycles. The first-order valence-electron chi connectivity index (χ1n) is 8.62. The highest BCUT2D eigenvalue weighted by molar-refractivity contribution is 6.09. The van der Waals surface area contributed by atoms with Gasteiger partial charge in [0.15, 0.2) is 0 Å². The lowest BCUT2D eigenvalue weighted by Gasteiger charge is -2.18. The smallest absolute Gasteiger partial charge is 0.256 e. The molecule has 0 spiro atoms. The van der Waals surface area contributed by atoms with Crippen molar-refractivity contribution in [2.45, 2.75) is 13.3 Å². The van der Waals surface area contributed by atoms with Crippen LogP contribution in [0.2, 0.25) is 0 Å². The fourth-order valence-electron chi connectivity index (χ4n) is 3.47. The summed E-state index contributed by atoms with van der Waals surface area (Å²) >= 11 is 0. The van der Waals surface area contributed by atoms with Crippen LogP contribution in [0.4, 0.5) is 10.2 Å². The molecule has 3 aromatic rings. The second kappa shape index (κ2) is 6.37. The van der Waals surface area contributed by atoms with Gasteiger partial charge in [0.1, 0.15) is 18.0 Å². The molecule has 0 saturated carbocycles. The minimum atomic E-state index is -0.332. The zero-order chi connectivity index (χ0) is 18.3. The normalized spacial score (nSPS) is 17.0. The van der Waals surface area contributed by atoms with Gasteiger partial charge in [-0.15, -0.1) is 0 Å². The van der Waals surface area contributed by atoms with Crippen LogP contribution in [0.3, 0.4) is 0 Å². The summed E-state index contributed by atoms with van der Waals surface area (Å²) in [5.41, 5.74) is 8.43. The summed E-state index contributed by atoms with van der Waals surface area (Å²) in [6.45, 7) is 3.59. The standard InChI is InChI=1S/C20H19FN4O/c1-12-5-6-25(10-12)20(26)17-9-14(13-3-2-4-15(21)7-13)8-16-18(17)23-11-24-19(16)22/h2-4,7-9,11-12H,5-6,10H2,1H3,(H2,22,23,24). The van der Waals surface area contributed by atoms with Crippen molar-refractivity contribution in [2.24, 2.45) is 5.92 Å². The maximum Gasteiger partial charge on any atom is 0.256 e. The maximum atomic E-state index is 13.7. The van der Waals surface area contributed by atoms with Crippen LogP contribution in [-0.4, -0.2) is 33.9 Å². The van der Waals surface area contributed by atoms with E-state index in [9.17, 15) is 9.18 Å². The molecule has 26 heavy (non-hydrogen) atoms. The average molecular weight is 350 g/mol. The molecular formula is C20H19FN4O. The van der Waals surface area contributed by atoms with E-state index < -0.39 is 0 Å². The number of aromatic nitrogens is 2. The minimum Gasteiger partial charge on any atom is -0.383 e. The average Bonchev–Trinajstić information content (AvgIpc) is 3.07. The number of amides is 1. The molecule has 1 unspecified atom stereocenters. The molecule has 1 aliphatic rings. The van der Waals surface area contributed by atoms with Crippen molar-refractivity contribution in [2.75, 3.05) is 18.8 Å². The summed E-state index contributed by atoms with van der Waals surface area (Å²) in [5, 5.41) is 0.602. The van der Waals surface area contributed by atoms with E-state index in [0.29, 0.717) is 39.3 Å². The van der Waals surface area contributed by atoms with Crippen molar-refractivity contribution in [3.8, 4) is 11.1 Å². The molecule has 1 atom stereocenters. The summed E-state index contributed by atoms with van der Waals surface area (Å²) in [6, 6.07) is 9.85. The molecule has 0 radical (unpaired) electrons. The first kappa shape index (κ1) is 16.4. The second-order valence-electron chi connectivity index (χ2n) is 6.83. The zero-order valence-corrected chi connectivity index (χ0v) is 14.4. The van der Waals surface area contributed by atoms with Crippen LogP contribution in [0.5, 0.6) is 0 Å². The summed E-state index contributed by atoms with van der Waals surface area (Å²) in [6.07, 6.45) is 2.35. The fraction of sp³-hybridized carbons (Fsp3) is 0.250. The van der Waals surface area contributed by atoms with Crippen LogP contribution in [0.15, 0.2) is 42.7 Å². The van der Waals surface area contributed by atoms with Crippen molar-refractivity contribution < 1.29 is 9.18 Å². The first-order chi connectivity index (χ1) is 12.5. The van der Waals surface area contributed by atoms with Crippen molar-refractivity contribution in [1.29, 1.82) is 0 Å². The van der Waals surface area contributed by atoms with Crippen LogP contribution in [0.1, 0.15) is 23.7 Å². The van der Waals surface area contributed by atoms with E-state index in [2.05, 4.69) is 16.9 Å². The van der Waals surface area contributed by atoms with Gasteiger partial charge in [0.2, 0.25) is 0 Å². The minimum absolute atomic E-state index is 0.0734. The van der Waals surface area contributed by atoms with Gasteiger partial charge in [-0.3, -0.25) is 4.79 Å². The van der Waals surface area contributed by atoms with E-state index in [1.54, 1.807) is 18.2 Å². The number of carbonyl (C=O) groups is 1. The molecule has 1 amide bonds. The number of anilines is 1. The van der Waals surface area contributed by atoms with E-state index in [0.717, 1.165) is 19.5 Å². The number of benzene rings is 2. The van der Waals surface area contributed by atoms with Gasteiger partial charge in [-0.2, -0.15) is 0 Å². The SMILES string of the molecule is CC1CCN(C(=O)c2cc(-c3cccc(F)c3)cc3c(N)ncnc23)C1. The molecule has 1 aliphatic heterocycles. The Balaban J connectivity index is 1.90. The lowest BCUT2D eigenvalue weighted by atomic mass is 9.99. The third-order valence-electron chi connectivity index (χ3n) is 4.87. The Kier molecular flexibility index (Phi) is 4.03. The molecular weight excluding hydrogens is 331 g/mol. The third-order valence-corrected chi connectivity index (χ3v) is 4.87. The summed E-state index contributed by atoms with van der Waals surface area (Å²) < 4.78 is 13.7. The van der Waals surface area contributed by atoms with Crippen LogP contribution in [-0.2, 0) is 0 Å². The number of carbonyl (C=O) groups excluding carboxylic acids is 1. The predicted octanol–water partition coefficient (Wildman–Crippen LogP) is 3.50. The molecule has 1 fully saturated rings. The van der Waals surface area contributed by atoms with Crippen LogP contribution in [0, 0.1) is 11.7 Å². The Labute approximate surface area is 150 Å². The quantitative estimate of drug-likeness (QED) is 0.768. The van der Waals surface area contributed by atoms with Crippen molar-refractivity contribution in [1.82, 2.24) is 14.9 Å². The molecule has 4 rings (SSSR count). The summed E-state index contributed by atoms with van der Waals surface area (Å²) in [7, 11) is 0. The Morgan fingerprint density at radius 2 is 2.08 bits per heavy atom. The van der Waals surface area contributed by atoms with Crippen LogP contribution < -0.4 is 5.73 Å². The van der Waals surface area contributed by atoms with E-state index in [4.69, 9.17) is 5.73 Å². The predicted molar refractivity (Wildman–Crippen MR) is 99.0 cm³/mol. The lowest BCUT2D eigenvalue weighted by molar-refractivity contribution is 0.0790. The number of nitrogens with two attached hydrogens (primary N) is 1. The number of nitrogen functional groups attached to an aromatic ring is 1. The van der Waals surface area contributed by atoms with Gasteiger partial charge in [-0.05, 0) is 47.7 Å². The molecule has 1 saturated heterocycles. The Hall–Kier alpha value is -3.02. The Bertz CT molecular complexity index is 1000. The van der Waals surface area contributed by atoms with E-state index >= 15 is 0 Å². The second-order valence-corrected chi connectivity index (χ2v) is 6.83. The number of nitrogens with zero attached hydrogens (tertiary/aromatic N) is 3.